The molecule has 0 amide bonds. The number of carbonyl (C=O) groups is 3. The average Bonchev–Trinajstić information content (AvgIpc) is 3.31. The molecule has 66 heavy (non-hydrogen) atoms. The number of allylic oxidation sites excluding steroid dienone is 10. The van der Waals surface area contributed by atoms with Gasteiger partial charge in [0.1, 0.15) is 13.2 Å². The molecule has 1 atom stereocenters. The third kappa shape index (κ3) is 52.1. The maximum absolute atomic E-state index is 12.8. The SMILES string of the molecule is CCC\C=C/C=C\C=C/C=C\C=C/CCCCCCCC(=O)OCC(COC(=O)CCCCCCCCCCCCCCCCC)OC(=O)CCCCCCCCCCCCCCCCC. The van der Waals surface area contributed by atoms with Gasteiger partial charge in [-0.15, -0.1) is 0 Å². The van der Waals surface area contributed by atoms with Crippen LogP contribution in [0.15, 0.2) is 60.8 Å². The fourth-order valence-corrected chi connectivity index (χ4v) is 8.12. The molecule has 6 nitrogen and oxygen atoms in total. The Bertz CT molecular complexity index is 1200. The van der Waals surface area contributed by atoms with Crippen LogP contribution in [0.5, 0.6) is 0 Å². The normalized spacial score (nSPS) is 12.5. The zero-order valence-electron chi connectivity index (χ0n) is 43.7. The Hall–Kier alpha value is -2.89. The lowest BCUT2D eigenvalue weighted by Crippen LogP contribution is -2.30. The largest absolute Gasteiger partial charge is 0.462 e. The first-order chi connectivity index (χ1) is 32.5. The Kier molecular flexibility index (Phi) is 52.3. The van der Waals surface area contributed by atoms with Gasteiger partial charge in [-0.05, 0) is 38.5 Å². The summed E-state index contributed by atoms with van der Waals surface area (Å²) in [5.41, 5.74) is 0. The van der Waals surface area contributed by atoms with Gasteiger partial charge in [-0.1, -0.05) is 287 Å². The number of unbranched alkanes of at least 4 members (excludes halogenated alkanes) is 34. The first-order valence-corrected chi connectivity index (χ1v) is 28.4. The lowest BCUT2D eigenvalue weighted by molar-refractivity contribution is -0.167. The van der Waals surface area contributed by atoms with E-state index >= 15 is 0 Å². The number of carbonyl (C=O) groups excluding carboxylic acids is 3. The quantitative estimate of drug-likeness (QED) is 0.0262. The molecule has 0 aromatic rings. The summed E-state index contributed by atoms with van der Waals surface area (Å²) in [6.45, 7) is 6.56. The molecule has 0 saturated heterocycles. The Morgan fingerprint density at radius 1 is 0.303 bits per heavy atom. The van der Waals surface area contributed by atoms with Crippen molar-refractivity contribution in [2.75, 3.05) is 13.2 Å². The zero-order valence-corrected chi connectivity index (χ0v) is 43.7. The van der Waals surface area contributed by atoms with Gasteiger partial charge < -0.3 is 14.2 Å². The van der Waals surface area contributed by atoms with E-state index in [1.54, 1.807) is 0 Å². The second-order valence-electron chi connectivity index (χ2n) is 19.0. The van der Waals surface area contributed by atoms with Crippen LogP contribution in [0.4, 0.5) is 0 Å². The molecule has 0 aromatic heterocycles. The lowest BCUT2D eigenvalue weighted by Gasteiger charge is -2.18. The molecule has 382 valence electrons. The molecule has 0 aliphatic carbocycles. The van der Waals surface area contributed by atoms with Crippen LogP contribution in [0.2, 0.25) is 0 Å². The van der Waals surface area contributed by atoms with E-state index in [4.69, 9.17) is 14.2 Å². The van der Waals surface area contributed by atoms with E-state index in [1.165, 1.54) is 161 Å². The van der Waals surface area contributed by atoms with Crippen molar-refractivity contribution >= 4 is 17.9 Å². The van der Waals surface area contributed by atoms with Crippen molar-refractivity contribution in [2.24, 2.45) is 0 Å². The topological polar surface area (TPSA) is 78.9 Å². The smallest absolute Gasteiger partial charge is 0.306 e. The molecule has 0 heterocycles. The van der Waals surface area contributed by atoms with Gasteiger partial charge in [0.2, 0.25) is 0 Å². The monoisotopic (exact) mass is 923 g/mol. The molecule has 0 bridgehead atoms. The second-order valence-corrected chi connectivity index (χ2v) is 19.0. The van der Waals surface area contributed by atoms with Crippen molar-refractivity contribution in [2.45, 2.75) is 290 Å². The molecule has 0 aliphatic heterocycles. The van der Waals surface area contributed by atoms with Crippen LogP contribution in [0.25, 0.3) is 0 Å². The maximum atomic E-state index is 12.8. The summed E-state index contributed by atoms with van der Waals surface area (Å²) in [7, 11) is 0. The minimum Gasteiger partial charge on any atom is -0.462 e. The molecular weight excluding hydrogens is 817 g/mol. The Morgan fingerprint density at radius 2 is 0.576 bits per heavy atom. The molecule has 0 rings (SSSR count). The van der Waals surface area contributed by atoms with Crippen molar-refractivity contribution in [3.63, 3.8) is 0 Å². The van der Waals surface area contributed by atoms with Crippen LogP contribution in [-0.4, -0.2) is 37.2 Å². The van der Waals surface area contributed by atoms with E-state index in [-0.39, 0.29) is 31.1 Å². The summed E-state index contributed by atoms with van der Waals surface area (Å²) < 4.78 is 16.9. The van der Waals surface area contributed by atoms with E-state index < -0.39 is 6.10 Å². The van der Waals surface area contributed by atoms with E-state index in [2.05, 4.69) is 57.2 Å². The zero-order chi connectivity index (χ0) is 47.9. The highest BCUT2D eigenvalue weighted by atomic mass is 16.6. The van der Waals surface area contributed by atoms with Crippen LogP contribution >= 0.6 is 0 Å². The molecule has 0 radical (unpaired) electrons. The van der Waals surface area contributed by atoms with E-state index in [1.807, 2.05) is 24.3 Å². The first-order valence-electron chi connectivity index (χ1n) is 28.4. The van der Waals surface area contributed by atoms with Gasteiger partial charge in [-0.3, -0.25) is 14.4 Å². The highest BCUT2D eigenvalue weighted by Crippen LogP contribution is 2.16. The van der Waals surface area contributed by atoms with Crippen LogP contribution in [-0.2, 0) is 28.6 Å². The summed E-state index contributed by atoms with van der Waals surface area (Å²) >= 11 is 0. The van der Waals surface area contributed by atoms with Crippen LogP contribution in [0.1, 0.15) is 284 Å². The molecule has 0 fully saturated rings. The molecule has 0 spiro atoms. The molecular formula is C60H106O6. The van der Waals surface area contributed by atoms with Gasteiger partial charge in [-0.2, -0.15) is 0 Å². The summed E-state index contributed by atoms with van der Waals surface area (Å²) in [6.07, 6.45) is 67.7. The standard InChI is InChI=1S/C60H106O6/c1-4-7-10-13-16-19-22-25-28-29-30-33-35-38-41-44-47-50-53-59(62)65-56-57(66-60(63)54-51-48-45-42-39-36-32-27-24-21-18-15-12-9-6-3)55-64-58(61)52-49-46-43-40-37-34-31-26-23-20-17-14-11-8-5-2/h10,13,16,19,22,25,28-30,33,57H,4-9,11-12,14-15,17-18,20-21,23-24,26-27,31-32,34-56H2,1-3H3/b13-10-,19-16-,25-22-,29-28-,33-30-. The number of ether oxygens (including phenoxy) is 3. The molecule has 0 saturated carbocycles. The van der Waals surface area contributed by atoms with E-state index in [0.29, 0.717) is 19.3 Å². The number of rotatable bonds is 51. The second kappa shape index (κ2) is 54.7. The number of esters is 3. The molecule has 1 unspecified atom stereocenters. The summed E-state index contributed by atoms with van der Waals surface area (Å²) in [5.74, 6) is -0.890. The van der Waals surface area contributed by atoms with Crippen molar-refractivity contribution < 1.29 is 28.6 Å². The minimum atomic E-state index is -0.781. The fourth-order valence-electron chi connectivity index (χ4n) is 8.12. The minimum absolute atomic E-state index is 0.0786. The van der Waals surface area contributed by atoms with Crippen molar-refractivity contribution in [3.05, 3.63) is 60.8 Å². The predicted molar refractivity (Wildman–Crippen MR) is 284 cm³/mol. The maximum Gasteiger partial charge on any atom is 0.306 e. The van der Waals surface area contributed by atoms with Crippen LogP contribution in [0.3, 0.4) is 0 Å². The summed E-state index contributed by atoms with van der Waals surface area (Å²) in [4.78, 5) is 38.1. The van der Waals surface area contributed by atoms with Crippen LogP contribution in [0, 0.1) is 0 Å². The Morgan fingerprint density at radius 3 is 0.909 bits per heavy atom. The molecule has 0 N–H and O–H groups in total. The van der Waals surface area contributed by atoms with Gasteiger partial charge in [-0.25, -0.2) is 0 Å². The highest BCUT2D eigenvalue weighted by molar-refractivity contribution is 5.71. The molecule has 0 aliphatic rings. The van der Waals surface area contributed by atoms with E-state index in [0.717, 1.165) is 83.5 Å². The van der Waals surface area contributed by atoms with Crippen molar-refractivity contribution in [3.8, 4) is 0 Å². The van der Waals surface area contributed by atoms with Gasteiger partial charge in [0.25, 0.3) is 0 Å². The predicted octanol–water partition coefficient (Wildman–Crippen LogP) is 18.8. The third-order valence-corrected chi connectivity index (χ3v) is 12.4. The lowest BCUT2D eigenvalue weighted by atomic mass is 10.0. The Labute approximate surface area is 409 Å². The fraction of sp³-hybridized carbons (Fsp3) is 0.783. The highest BCUT2D eigenvalue weighted by Gasteiger charge is 2.19. The summed E-state index contributed by atoms with van der Waals surface area (Å²) in [6, 6.07) is 0. The average molecular weight is 924 g/mol. The van der Waals surface area contributed by atoms with Gasteiger partial charge in [0.05, 0.1) is 0 Å². The number of hydrogen-bond donors (Lipinski definition) is 0. The van der Waals surface area contributed by atoms with Gasteiger partial charge in [0.15, 0.2) is 6.10 Å². The van der Waals surface area contributed by atoms with Gasteiger partial charge >= 0.3 is 17.9 Å². The first kappa shape index (κ1) is 63.1. The Balaban J connectivity index is 4.41. The van der Waals surface area contributed by atoms with Crippen molar-refractivity contribution in [1.29, 1.82) is 0 Å². The molecule has 0 aromatic carbocycles. The van der Waals surface area contributed by atoms with E-state index in [9.17, 15) is 14.4 Å². The van der Waals surface area contributed by atoms with Crippen LogP contribution < -0.4 is 0 Å². The summed E-state index contributed by atoms with van der Waals surface area (Å²) in [5, 5.41) is 0. The number of hydrogen-bond acceptors (Lipinski definition) is 6. The van der Waals surface area contributed by atoms with Crippen molar-refractivity contribution in [1.82, 2.24) is 0 Å². The van der Waals surface area contributed by atoms with Gasteiger partial charge in [0, 0.05) is 19.3 Å². The molecule has 6 heteroatoms. The third-order valence-electron chi connectivity index (χ3n) is 12.4.